The number of carbonyl (C=O) groups is 2. The molecule has 2 amide bonds. The molecule has 5 rings (SSSR count). The topological polar surface area (TPSA) is 78.4 Å². The zero-order valence-corrected chi connectivity index (χ0v) is 22.8. The molecule has 210 valence electrons. The predicted octanol–water partition coefficient (Wildman–Crippen LogP) is 5.27. The molecular formula is C30H32F3N5O2. The van der Waals surface area contributed by atoms with Gasteiger partial charge in [-0.3, -0.25) is 9.59 Å². The highest BCUT2D eigenvalue weighted by molar-refractivity contribution is 5.97. The van der Waals surface area contributed by atoms with Crippen LogP contribution in [-0.2, 0) is 12.6 Å². The summed E-state index contributed by atoms with van der Waals surface area (Å²) in [6.45, 7) is 5.38. The Morgan fingerprint density at radius 1 is 1.00 bits per heavy atom. The monoisotopic (exact) mass is 551 g/mol. The Morgan fingerprint density at radius 3 is 2.42 bits per heavy atom. The summed E-state index contributed by atoms with van der Waals surface area (Å²) in [6.07, 6.45) is -1.80. The molecule has 3 aromatic rings. The number of amides is 2. The molecule has 1 aliphatic carbocycles. The summed E-state index contributed by atoms with van der Waals surface area (Å²) in [6, 6.07) is 11.8. The van der Waals surface area contributed by atoms with Crippen LogP contribution < -0.4 is 10.2 Å². The van der Waals surface area contributed by atoms with Gasteiger partial charge < -0.3 is 15.1 Å². The molecule has 2 aromatic carbocycles. The van der Waals surface area contributed by atoms with Crippen molar-refractivity contribution in [3.05, 3.63) is 87.9 Å². The van der Waals surface area contributed by atoms with Gasteiger partial charge >= 0.3 is 6.18 Å². The lowest BCUT2D eigenvalue weighted by Gasteiger charge is -2.37. The molecule has 0 spiro atoms. The first kappa shape index (κ1) is 27.6. The van der Waals surface area contributed by atoms with Crippen molar-refractivity contribution in [3.8, 4) is 0 Å². The molecule has 0 radical (unpaired) electrons. The van der Waals surface area contributed by atoms with Crippen molar-refractivity contribution < 1.29 is 22.8 Å². The van der Waals surface area contributed by atoms with Crippen molar-refractivity contribution in [1.29, 1.82) is 0 Å². The van der Waals surface area contributed by atoms with Gasteiger partial charge in [0.05, 0.1) is 17.2 Å². The number of aromatic nitrogens is 2. The number of hydrogen-bond acceptors (Lipinski definition) is 5. The van der Waals surface area contributed by atoms with Gasteiger partial charge in [0.15, 0.2) is 0 Å². The predicted molar refractivity (Wildman–Crippen MR) is 145 cm³/mol. The van der Waals surface area contributed by atoms with Crippen LogP contribution in [0.2, 0.25) is 0 Å². The second-order valence-corrected chi connectivity index (χ2v) is 10.6. The number of alkyl halides is 3. The molecule has 0 unspecified atom stereocenters. The zero-order valence-electron chi connectivity index (χ0n) is 22.8. The van der Waals surface area contributed by atoms with Gasteiger partial charge in [-0.1, -0.05) is 18.2 Å². The minimum Gasteiger partial charge on any atom is -0.356 e. The number of hydrogen-bond donors (Lipinski definition) is 1. The largest absolute Gasteiger partial charge is 0.417 e. The minimum absolute atomic E-state index is 0.0652. The number of fused-ring (bicyclic) bond motifs is 1. The molecule has 1 aliphatic heterocycles. The number of anilines is 1. The molecule has 2 heterocycles. The molecule has 1 aromatic heterocycles. The molecule has 40 heavy (non-hydrogen) atoms. The second-order valence-electron chi connectivity index (χ2n) is 10.6. The van der Waals surface area contributed by atoms with Crippen LogP contribution in [0.3, 0.4) is 0 Å². The van der Waals surface area contributed by atoms with Crippen molar-refractivity contribution in [2.24, 2.45) is 0 Å². The minimum atomic E-state index is -4.63. The van der Waals surface area contributed by atoms with Crippen LogP contribution in [0.1, 0.15) is 74.2 Å². The van der Waals surface area contributed by atoms with E-state index in [2.05, 4.69) is 20.2 Å². The number of aryl methyl sites for hydroxylation is 3. The lowest BCUT2D eigenvalue weighted by Crippen LogP contribution is -2.46. The molecule has 0 saturated carbocycles. The summed E-state index contributed by atoms with van der Waals surface area (Å²) in [5.74, 6) is 0.747. The smallest absolute Gasteiger partial charge is 0.356 e. The molecule has 0 bridgehead atoms. The molecule has 1 fully saturated rings. The van der Waals surface area contributed by atoms with Crippen LogP contribution in [0, 0.1) is 13.8 Å². The van der Waals surface area contributed by atoms with Crippen molar-refractivity contribution in [2.45, 2.75) is 57.8 Å². The second kappa shape index (κ2) is 10.9. The summed E-state index contributed by atoms with van der Waals surface area (Å²) < 4.78 is 40.3. The van der Waals surface area contributed by atoms with E-state index in [1.165, 1.54) is 18.2 Å². The Morgan fingerprint density at radius 2 is 1.73 bits per heavy atom. The normalized spacial score (nSPS) is 17.4. The van der Waals surface area contributed by atoms with Gasteiger partial charge in [-0.15, -0.1) is 0 Å². The maximum Gasteiger partial charge on any atom is 0.417 e. The van der Waals surface area contributed by atoms with Crippen molar-refractivity contribution in [3.63, 3.8) is 0 Å². The number of nitrogens with one attached hydrogen (secondary N) is 1. The molecule has 10 heteroatoms. The Hall–Kier alpha value is -3.95. The van der Waals surface area contributed by atoms with Crippen LogP contribution >= 0.6 is 0 Å². The summed E-state index contributed by atoms with van der Waals surface area (Å²) in [7, 11) is 1.81. The van der Waals surface area contributed by atoms with E-state index in [9.17, 15) is 22.8 Å². The van der Waals surface area contributed by atoms with E-state index in [4.69, 9.17) is 0 Å². The third kappa shape index (κ3) is 5.66. The Balaban J connectivity index is 1.26. The van der Waals surface area contributed by atoms with Gasteiger partial charge in [0, 0.05) is 43.5 Å². The van der Waals surface area contributed by atoms with Crippen molar-refractivity contribution in [1.82, 2.24) is 20.2 Å². The maximum absolute atomic E-state index is 13.5. The quantitative estimate of drug-likeness (QED) is 0.468. The zero-order chi connectivity index (χ0) is 28.6. The van der Waals surface area contributed by atoms with Gasteiger partial charge in [-0.25, -0.2) is 9.97 Å². The van der Waals surface area contributed by atoms with E-state index < -0.39 is 29.3 Å². The van der Waals surface area contributed by atoms with Crippen LogP contribution in [0.15, 0.2) is 48.5 Å². The Kier molecular flexibility index (Phi) is 7.53. The molecular weight excluding hydrogens is 519 g/mol. The number of halogens is 3. The summed E-state index contributed by atoms with van der Waals surface area (Å²) in [5, 5.41) is 2.77. The average molecular weight is 552 g/mol. The van der Waals surface area contributed by atoms with E-state index in [0.717, 1.165) is 60.5 Å². The van der Waals surface area contributed by atoms with Gasteiger partial charge in [0.25, 0.3) is 11.8 Å². The SMILES string of the molecule is Cc1cc(N2CCC(N(C)C(=O)c3ccc4c(c3)[C@H](NC(=O)c3ccccc3C(F)(F)F)CC4)CC2)nc(C)n1. The molecule has 7 nitrogen and oxygen atoms in total. The summed E-state index contributed by atoms with van der Waals surface area (Å²) in [4.78, 5) is 39.2. The van der Waals surface area contributed by atoms with Crippen molar-refractivity contribution in [2.75, 3.05) is 25.0 Å². The average Bonchev–Trinajstić information content (AvgIpc) is 3.33. The number of piperidine rings is 1. The molecule has 1 saturated heterocycles. The fourth-order valence-electron chi connectivity index (χ4n) is 5.76. The first-order chi connectivity index (χ1) is 19.0. The maximum atomic E-state index is 13.5. The van der Waals surface area contributed by atoms with Crippen LogP contribution in [0.25, 0.3) is 0 Å². The fraction of sp³-hybridized carbons (Fsp3) is 0.400. The first-order valence-corrected chi connectivity index (χ1v) is 13.5. The van der Waals surface area contributed by atoms with E-state index in [-0.39, 0.29) is 11.9 Å². The number of nitrogens with zero attached hydrogens (tertiary/aromatic N) is 4. The van der Waals surface area contributed by atoms with Gasteiger partial charge in [-0.05, 0) is 74.9 Å². The van der Waals surface area contributed by atoms with E-state index >= 15 is 0 Å². The highest BCUT2D eigenvalue weighted by Crippen LogP contribution is 2.35. The Labute approximate surface area is 231 Å². The van der Waals surface area contributed by atoms with E-state index in [1.807, 2.05) is 33.0 Å². The number of rotatable bonds is 5. The number of benzene rings is 2. The number of carbonyl (C=O) groups excluding carboxylic acids is 2. The third-order valence-corrected chi connectivity index (χ3v) is 7.86. The van der Waals surface area contributed by atoms with Gasteiger partial charge in [-0.2, -0.15) is 13.2 Å². The molecule has 2 aliphatic rings. The van der Waals surface area contributed by atoms with Gasteiger partial charge in [0.2, 0.25) is 0 Å². The van der Waals surface area contributed by atoms with Crippen LogP contribution in [0.5, 0.6) is 0 Å². The highest BCUT2D eigenvalue weighted by atomic mass is 19.4. The third-order valence-electron chi connectivity index (χ3n) is 7.86. The lowest BCUT2D eigenvalue weighted by atomic mass is 10.00. The summed E-state index contributed by atoms with van der Waals surface area (Å²) in [5.41, 5.74) is 1.82. The molecule has 1 atom stereocenters. The molecule has 1 N–H and O–H groups in total. The first-order valence-electron chi connectivity index (χ1n) is 13.5. The fourth-order valence-corrected chi connectivity index (χ4v) is 5.76. The van der Waals surface area contributed by atoms with Crippen molar-refractivity contribution >= 4 is 17.6 Å². The van der Waals surface area contributed by atoms with E-state index in [1.54, 1.807) is 17.0 Å². The van der Waals surface area contributed by atoms with Gasteiger partial charge in [0.1, 0.15) is 11.6 Å². The lowest BCUT2D eigenvalue weighted by molar-refractivity contribution is -0.137. The Bertz CT molecular complexity index is 1410. The van der Waals surface area contributed by atoms with Crippen LogP contribution in [0.4, 0.5) is 19.0 Å². The summed E-state index contributed by atoms with van der Waals surface area (Å²) >= 11 is 0. The van der Waals surface area contributed by atoms with E-state index in [0.29, 0.717) is 18.4 Å². The van der Waals surface area contributed by atoms with Crippen LogP contribution in [-0.4, -0.2) is 52.9 Å². The standard InChI is InChI=1S/C30H32F3N5O2/c1-18-16-27(35-19(2)34-18)38-14-12-22(13-15-38)37(3)29(40)21-9-8-20-10-11-26(24(20)17-21)36-28(39)23-6-4-5-7-25(23)30(31,32)33/h4-9,16-17,22,26H,10-15H2,1-3H3,(H,36,39)/t26-/m1/s1. The highest BCUT2D eigenvalue weighted by Gasteiger charge is 2.36.